The highest BCUT2D eigenvalue weighted by molar-refractivity contribution is 9.10. The number of rotatable bonds is 5. The first-order chi connectivity index (χ1) is 8.86. The first-order valence-corrected chi connectivity index (χ1v) is 6.78. The summed E-state index contributed by atoms with van der Waals surface area (Å²) in [5, 5.41) is 9.27. The number of pyridine rings is 1. The van der Waals surface area contributed by atoms with Crippen molar-refractivity contribution in [3.63, 3.8) is 0 Å². The number of hydrogen-bond donors (Lipinski definition) is 1. The largest absolute Gasteiger partial charge is 0.480 e. The molecule has 0 aromatic carbocycles. The molecular formula is C12H13BrClNO4. The van der Waals surface area contributed by atoms with E-state index in [1.54, 1.807) is 6.92 Å². The number of esters is 1. The minimum Gasteiger partial charge on any atom is -0.480 e. The summed E-state index contributed by atoms with van der Waals surface area (Å²) in [4.78, 5) is 27.0. The van der Waals surface area contributed by atoms with Crippen LogP contribution in [0.1, 0.15) is 31.9 Å². The second-order valence-electron chi connectivity index (χ2n) is 3.95. The van der Waals surface area contributed by atoms with E-state index in [0.29, 0.717) is 10.9 Å². The predicted molar refractivity (Wildman–Crippen MR) is 73.2 cm³/mol. The van der Waals surface area contributed by atoms with Crippen molar-refractivity contribution in [1.82, 2.24) is 4.98 Å². The number of hydrogen-bond acceptors (Lipinski definition) is 4. The quantitative estimate of drug-likeness (QED) is 0.652. The van der Waals surface area contributed by atoms with Crippen molar-refractivity contribution < 1.29 is 19.4 Å². The van der Waals surface area contributed by atoms with Gasteiger partial charge < -0.3 is 9.84 Å². The topological polar surface area (TPSA) is 76.5 Å². The molecule has 1 heterocycles. The maximum Gasteiger partial charge on any atom is 0.326 e. The van der Waals surface area contributed by atoms with Gasteiger partial charge in [-0.15, -0.1) is 0 Å². The van der Waals surface area contributed by atoms with E-state index in [9.17, 15) is 9.59 Å². The number of ether oxygens (including phenoxy) is 1. The second kappa shape index (κ2) is 6.86. The lowest BCUT2D eigenvalue weighted by Crippen LogP contribution is -2.27. The average Bonchev–Trinajstić information content (AvgIpc) is 2.31. The van der Waals surface area contributed by atoms with E-state index < -0.39 is 17.9 Å². The van der Waals surface area contributed by atoms with E-state index in [0.717, 1.165) is 0 Å². The summed E-state index contributed by atoms with van der Waals surface area (Å²) in [6, 6.07) is 1.48. The van der Waals surface area contributed by atoms with Gasteiger partial charge in [0.2, 0.25) is 0 Å². The Hall–Kier alpha value is -1.14. The zero-order valence-corrected chi connectivity index (χ0v) is 12.7. The maximum absolute atomic E-state index is 11.9. The third kappa shape index (κ3) is 4.18. The number of carboxylic acid groups (broad SMARTS) is 1. The Balaban J connectivity index is 3.07. The zero-order chi connectivity index (χ0) is 14.6. The van der Waals surface area contributed by atoms with Crippen LogP contribution in [0.3, 0.4) is 0 Å². The lowest BCUT2D eigenvalue weighted by molar-refractivity contribution is -0.157. The van der Waals surface area contributed by atoms with Crippen LogP contribution in [0, 0.1) is 0 Å². The molecule has 5 nitrogen and oxygen atoms in total. The smallest absolute Gasteiger partial charge is 0.326 e. The molecule has 0 radical (unpaired) electrons. The van der Waals surface area contributed by atoms with Crippen LogP contribution in [-0.2, 0) is 14.3 Å². The van der Waals surface area contributed by atoms with Crippen LogP contribution in [0.5, 0.6) is 0 Å². The summed E-state index contributed by atoms with van der Waals surface area (Å²) in [7, 11) is 0. The van der Waals surface area contributed by atoms with E-state index in [2.05, 4.69) is 20.9 Å². The maximum atomic E-state index is 11.9. The minimum atomic E-state index is -1.52. The van der Waals surface area contributed by atoms with E-state index in [1.807, 2.05) is 6.92 Å². The van der Waals surface area contributed by atoms with Gasteiger partial charge in [0, 0.05) is 10.7 Å². The molecule has 0 aliphatic rings. The SMILES string of the molecule is CCC(C)OC(=O)C(C(=O)O)c1ncc(Br)cc1Cl. The summed E-state index contributed by atoms with van der Waals surface area (Å²) in [6.45, 7) is 3.52. The molecule has 19 heavy (non-hydrogen) atoms. The summed E-state index contributed by atoms with van der Waals surface area (Å²) < 4.78 is 5.63. The van der Waals surface area contributed by atoms with Crippen molar-refractivity contribution in [3.8, 4) is 0 Å². The molecule has 104 valence electrons. The van der Waals surface area contributed by atoms with Crippen LogP contribution in [0.15, 0.2) is 16.7 Å². The molecule has 1 rings (SSSR count). The predicted octanol–water partition coefficient (Wildman–Crippen LogP) is 3.01. The molecule has 0 saturated heterocycles. The highest BCUT2D eigenvalue weighted by Crippen LogP contribution is 2.27. The van der Waals surface area contributed by atoms with Gasteiger partial charge in [0.25, 0.3) is 0 Å². The average molecular weight is 351 g/mol. The van der Waals surface area contributed by atoms with E-state index in [4.69, 9.17) is 21.4 Å². The van der Waals surface area contributed by atoms with Gasteiger partial charge in [0.1, 0.15) is 0 Å². The van der Waals surface area contributed by atoms with Gasteiger partial charge in [-0.2, -0.15) is 0 Å². The normalized spacial score (nSPS) is 13.7. The fourth-order valence-corrected chi connectivity index (χ4v) is 2.06. The Morgan fingerprint density at radius 3 is 2.68 bits per heavy atom. The molecule has 1 aromatic rings. The molecule has 0 amide bonds. The summed E-state index contributed by atoms with van der Waals surface area (Å²) in [5.41, 5.74) is -0.0225. The molecule has 2 unspecified atom stereocenters. The fourth-order valence-electron chi connectivity index (χ4n) is 1.32. The molecule has 1 aromatic heterocycles. The third-order valence-electron chi connectivity index (χ3n) is 2.48. The molecule has 0 spiro atoms. The Bertz CT molecular complexity index is 495. The molecule has 7 heteroatoms. The summed E-state index contributed by atoms with van der Waals surface area (Å²) >= 11 is 9.08. The molecule has 0 fully saturated rings. The lowest BCUT2D eigenvalue weighted by atomic mass is 10.1. The molecule has 0 aliphatic heterocycles. The van der Waals surface area contributed by atoms with Crippen LogP contribution in [0.2, 0.25) is 5.02 Å². The lowest BCUT2D eigenvalue weighted by Gasteiger charge is -2.16. The van der Waals surface area contributed by atoms with E-state index >= 15 is 0 Å². The van der Waals surface area contributed by atoms with Crippen LogP contribution >= 0.6 is 27.5 Å². The first kappa shape index (κ1) is 15.9. The number of nitrogens with zero attached hydrogens (tertiary/aromatic N) is 1. The Morgan fingerprint density at radius 1 is 1.58 bits per heavy atom. The number of carbonyl (C=O) groups is 2. The molecule has 0 saturated carbocycles. The highest BCUT2D eigenvalue weighted by atomic mass is 79.9. The van der Waals surface area contributed by atoms with Gasteiger partial charge >= 0.3 is 11.9 Å². The van der Waals surface area contributed by atoms with Crippen molar-refractivity contribution in [2.45, 2.75) is 32.3 Å². The molecule has 1 N–H and O–H groups in total. The minimum absolute atomic E-state index is 0.0225. The van der Waals surface area contributed by atoms with Gasteiger partial charge in [0.15, 0.2) is 5.92 Å². The second-order valence-corrected chi connectivity index (χ2v) is 5.27. The van der Waals surface area contributed by atoms with Crippen molar-refractivity contribution in [2.75, 3.05) is 0 Å². The van der Waals surface area contributed by atoms with Crippen LogP contribution in [-0.4, -0.2) is 28.1 Å². The molecule has 2 atom stereocenters. The summed E-state index contributed by atoms with van der Waals surface area (Å²) in [6.07, 6.45) is 1.62. The van der Waals surface area contributed by atoms with Gasteiger partial charge in [-0.05, 0) is 35.3 Å². The zero-order valence-electron chi connectivity index (χ0n) is 10.4. The number of aromatic nitrogens is 1. The van der Waals surface area contributed by atoms with Crippen LogP contribution < -0.4 is 0 Å². The number of halogens is 2. The number of aliphatic carboxylic acids is 1. The fraction of sp³-hybridized carbons (Fsp3) is 0.417. The van der Waals surface area contributed by atoms with Crippen LogP contribution in [0.4, 0.5) is 0 Å². The Morgan fingerprint density at radius 2 is 2.21 bits per heavy atom. The van der Waals surface area contributed by atoms with E-state index in [-0.39, 0.29) is 16.8 Å². The monoisotopic (exact) mass is 349 g/mol. The standard InChI is InChI=1S/C12H13BrClNO4/c1-3-6(2)19-12(18)9(11(16)17)10-8(14)4-7(13)5-15-10/h4-6,9H,3H2,1-2H3,(H,16,17). The van der Waals surface area contributed by atoms with Gasteiger partial charge in [-0.3, -0.25) is 14.6 Å². The van der Waals surface area contributed by atoms with Crippen molar-refractivity contribution in [3.05, 3.63) is 27.5 Å². The van der Waals surface area contributed by atoms with Crippen LogP contribution in [0.25, 0.3) is 0 Å². The van der Waals surface area contributed by atoms with Gasteiger partial charge in [-0.25, -0.2) is 0 Å². The molecule has 0 bridgehead atoms. The van der Waals surface area contributed by atoms with Crippen molar-refractivity contribution >= 4 is 39.5 Å². The van der Waals surface area contributed by atoms with Gasteiger partial charge in [-0.1, -0.05) is 18.5 Å². The van der Waals surface area contributed by atoms with Crippen molar-refractivity contribution in [1.29, 1.82) is 0 Å². The first-order valence-electron chi connectivity index (χ1n) is 5.61. The van der Waals surface area contributed by atoms with Crippen molar-refractivity contribution in [2.24, 2.45) is 0 Å². The number of carbonyl (C=O) groups excluding carboxylic acids is 1. The molecular weight excluding hydrogens is 337 g/mol. The van der Waals surface area contributed by atoms with Gasteiger partial charge in [0.05, 0.1) is 16.8 Å². The van der Waals surface area contributed by atoms with E-state index in [1.165, 1.54) is 12.3 Å². The third-order valence-corrected chi connectivity index (χ3v) is 3.22. The number of carboxylic acids is 1. The Kier molecular flexibility index (Phi) is 5.75. The summed E-state index contributed by atoms with van der Waals surface area (Å²) in [5.74, 6) is -3.72. The Labute approximate surface area is 124 Å². The molecule has 0 aliphatic carbocycles. The highest BCUT2D eigenvalue weighted by Gasteiger charge is 2.34.